The number of methoxy groups -OCH3 is 2. The molecule has 0 aliphatic heterocycles. The average molecular weight is 355 g/mol. The van der Waals surface area contributed by atoms with Crippen LogP contribution in [0.15, 0.2) is 36.4 Å². The van der Waals surface area contributed by atoms with E-state index in [0.29, 0.717) is 18.8 Å². The van der Waals surface area contributed by atoms with Crippen molar-refractivity contribution in [3.8, 4) is 11.5 Å². The van der Waals surface area contributed by atoms with E-state index in [1.807, 2.05) is 31.3 Å². The van der Waals surface area contributed by atoms with E-state index in [1.165, 1.54) is 17.5 Å². The lowest BCUT2D eigenvalue weighted by molar-refractivity contribution is -0.885. The maximum Gasteiger partial charge on any atom is 0.279 e. The second-order valence-electron chi connectivity index (χ2n) is 6.85. The van der Waals surface area contributed by atoms with Gasteiger partial charge >= 0.3 is 0 Å². The minimum absolute atomic E-state index is 0.0160. The molecular formula is C21H27N2O3+. The van der Waals surface area contributed by atoms with Gasteiger partial charge in [-0.05, 0) is 54.7 Å². The molecule has 138 valence electrons. The van der Waals surface area contributed by atoms with Crippen molar-refractivity contribution in [1.82, 2.24) is 0 Å². The lowest BCUT2D eigenvalue weighted by Crippen LogP contribution is -3.08. The van der Waals surface area contributed by atoms with Gasteiger partial charge < -0.3 is 19.7 Å². The molecule has 0 fully saturated rings. The second-order valence-corrected chi connectivity index (χ2v) is 6.85. The van der Waals surface area contributed by atoms with Crippen LogP contribution in [-0.4, -0.2) is 33.7 Å². The van der Waals surface area contributed by atoms with Gasteiger partial charge in [-0.1, -0.05) is 12.1 Å². The molecule has 0 radical (unpaired) electrons. The third-order valence-electron chi connectivity index (χ3n) is 4.82. The number of likely N-dealkylation sites (N-methyl/N-ethyl adjacent to an activating group) is 1. The number of hydrogen-bond donors (Lipinski definition) is 2. The van der Waals surface area contributed by atoms with Gasteiger partial charge in [0.1, 0.15) is 6.54 Å². The molecule has 0 saturated carbocycles. The topological polar surface area (TPSA) is 52.0 Å². The number of carbonyl (C=O) groups excluding carboxylic acids is 1. The molecule has 0 heterocycles. The quantitative estimate of drug-likeness (QED) is 0.797. The van der Waals surface area contributed by atoms with Crippen LogP contribution in [0.3, 0.4) is 0 Å². The van der Waals surface area contributed by atoms with Gasteiger partial charge in [-0.3, -0.25) is 4.79 Å². The Bertz CT molecular complexity index is 789. The summed E-state index contributed by atoms with van der Waals surface area (Å²) < 4.78 is 10.8. The predicted octanol–water partition coefficient (Wildman–Crippen LogP) is 1.85. The van der Waals surface area contributed by atoms with E-state index >= 15 is 0 Å². The number of para-hydroxylation sites is 1. The largest absolute Gasteiger partial charge is 0.493 e. The number of ether oxygens (including phenoxy) is 2. The first-order valence-electron chi connectivity index (χ1n) is 9.03. The highest BCUT2D eigenvalue weighted by molar-refractivity contribution is 5.91. The molecule has 1 aliphatic carbocycles. The van der Waals surface area contributed by atoms with Gasteiger partial charge in [0.15, 0.2) is 18.0 Å². The summed E-state index contributed by atoms with van der Waals surface area (Å²) in [4.78, 5) is 13.5. The first kappa shape index (κ1) is 18.3. The predicted molar refractivity (Wildman–Crippen MR) is 102 cm³/mol. The van der Waals surface area contributed by atoms with E-state index in [9.17, 15) is 4.79 Å². The molecule has 0 aromatic heterocycles. The van der Waals surface area contributed by atoms with Crippen molar-refractivity contribution in [2.75, 3.05) is 33.1 Å². The Morgan fingerprint density at radius 2 is 1.92 bits per heavy atom. The maximum absolute atomic E-state index is 12.4. The minimum atomic E-state index is 0.0160. The van der Waals surface area contributed by atoms with Crippen LogP contribution in [0.1, 0.15) is 23.1 Å². The molecule has 1 atom stereocenters. The van der Waals surface area contributed by atoms with Crippen LogP contribution < -0.4 is 19.7 Å². The van der Waals surface area contributed by atoms with E-state index < -0.39 is 0 Å². The highest BCUT2D eigenvalue weighted by atomic mass is 16.5. The number of rotatable bonds is 7. The van der Waals surface area contributed by atoms with Gasteiger partial charge in [0.05, 0.1) is 26.8 Å². The Kier molecular flexibility index (Phi) is 5.78. The Labute approximate surface area is 154 Å². The fraction of sp³-hybridized carbons (Fsp3) is 0.381. The van der Waals surface area contributed by atoms with E-state index in [-0.39, 0.29) is 5.91 Å². The van der Waals surface area contributed by atoms with Crippen molar-refractivity contribution >= 4 is 11.6 Å². The van der Waals surface area contributed by atoms with Crippen LogP contribution in [0.25, 0.3) is 0 Å². The van der Waals surface area contributed by atoms with Crippen molar-refractivity contribution in [3.05, 3.63) is 53.1 Å². The van der Waals surface area contributed by atoms with Crippen molar-refractivity contribution < 1.29 is 19.2 Å². The molecule has 1 aliphatic rings. The number of benzene rings is 2. The average Bonchev–Trinajstić information content (AvgIpc) is 3.08. The van der Waals surface area contributed by atoms with Crippen molar-refractivity contribution in [3.63, 3.8) is 0 Å². The zero-order valence-corrected chi connectivity index (χ0v) is 15.7. The molecule has 5 heteroatoms. The zero-order chi connectivity index (χ0) is 18.5. The molecule has 2 aromatic rings. The number of anilines is 1. The monoisotopic (exact) mass is 355 g/mol. The summed E-state index contributed by atoms with van der Waals surface area (Å²) in [5, 5.41) is 3.02. The van der Waals surface area contributed by atoms with Gasteiger partial charge in [-0.15, -0.1) is 0 Å². The van der Waals surface area contributed by atoms with Crippen LogP contribution >= 0.6 is 0 Å². The fourth-order valence-electron chi connectivity index (χ4n) is 3.61. The van der Waals surface area contributed by atoms with E-state index in [0.717, 1.165) is 34.7 Å². The summed E-state index contributed by atoms with van der Waals surface area (Å²) in [7, 11) is 5.26. The minimum Gasteiger partial charge on any atom is -0.493 e. The maximum atomic E-state index is 12.4. The standard InChI is InChI=1S/C21H26N2O3/c1-23(13-17-8-5-9-19(25-2)21(17)26-3)14-20(24)22-18-11-10-15-6-4-7-16(15)12-18/h5,8-12H,4,6-7,13-14H2,1-3H3,(H,22,24)/p+1. The highest BCUT2D eigenvalue weighted by Crippen LogP contribution is 2.30. The first-order valence-corrected chi connectivity index (χ1v) is 9.03. The molecule has 26 heavy (non-hydrogen) atoms. The van der Waals surface area contributed by atoms with Gasteiger partial charge in [-0.25, -0.2) is 0 Å². The summed E-state index contributed by atoms with van der Waals surface area (Å²) in [6, 6.07) is 12.1. The smallest absolute Gasteiger partial charge is 0.279 e. The van der Waals surface area contributed by atoms with Gasteiger partial charge in [0.25, 0.3) is 5.91 Å². The van der Waals surface area contributed by atoms with Gasteiger partial charge in [0, 0.05) is 5.69 Å². The van der Waals surface area contributed by atoms with Crippen molar-refractivity contribution in [2.45, 2.75) is 25.8 Å². The molecule has 5 nitrogen and oxygen atoms in total. The molecule has 0 saturated heterocycles. The van der Waals surface area contributed by atoms with Gasteiger partial charge in [0.2, 0.25) is 0 Å². The molecule has 1 amide bonds. The number of carbonyl (C=O) groups is 1. The number of fused-ring (bicyclic) bond motifs is 1. The Morgan fingerprint density at radius 3 is 2.69 bits per heavy atom. The third kappa shape index (κ3) is 4.17. The number of quaternary nitrogens is 1. The summed E-state index contributed by atoms with van der Waals surface area (Å²) >= 11 is 0. The lowest BCUT2D eigenvalue weighted by Gasteiger charge is -2.17. The van der Waals surface area contributed by atoms with Gasteiger partial charge in [-0.2, -0.15) is 0 Å². The molecule has 0 bridgehead atoms. The van der Waals surface area contributed by atoms with E-state index in [1.54, 1.807) is 14.2 Å². The molecule has 2 aromatic carbocycles. The fourth-order valence-corrected chi connectivity index (χ4v) is 3.61. The number of nitrogens with one attached hydrogen (secondary N) is 2. The van der Waals surface area contributed by atoms with Crippen molar-refractivity contribution in [1.29, 1.82) is 0 Å². The van der Waals surface area contributed by atoms with Crippen LogP contribution in [-0.2, 0) is 24.2 Å². The molecular weight excluding hydrogens is 328 g/mol. The summed E-state index contributed by atoms with van der Waals surface area (Å²) in [5.74, 6) is 1.45. The second kappa shape index (κ2) is 8.23. The Morgan fingerprint density at radius 1 is 1.12 bits per heavy atom. The first-order chi connectivity index (χ1) is 12.6. The summed E-state index contributed by atoms with van der Waals surface area (Å²) in [6.45, 7) is 1.06. The summed E-state index contributed by atoms with van der Waals surface area (Å²) in [5.41, 5.74) is 4.69. The molecule has 1 unspecified atom stereocenters. The van der Waals surface area contributed by atoms with E-state index in [2.05, 4.69) is 17.4 Å². The number of aryl methyl sites for hydroxylation is 2. The Balaban J connectivity index is 1.59. The molecule has 0 spiro atoms. The SMILES string of the molecule is COc1cccc(C[NH+](C)CC(=O)Nc2ccc3c(c2)CCC3)c1OC. The van der Waals surface area contributed by atoms with Crippen LogP contribution in [0, 0.1) is 0 Å². The molecule has 2 N–H and O–H groups in total. The summed E-state index contributed by atoms with van der Waals surface area (Å²) in [6.07, 6.45) is 3.47. The number of amides is 1. The zero-order valence-electron chi connectivity index (χ0n) is 15.7. The van der Waals surface area contributed by atoms with Crippen LogP contribution in [0.4, 0.5) is 5.69 Å². The number of hydrogen-bond acceptors (Lipinski definition) is 3. The normalized spacial score (nSPS) is 13.8. The van der Waals surface area contributed by atoms with Crippen LogP contribution in [0.5, 0.6) is 11.5 Å². The lowest BCUT2D eigenvalue weighted by atomic mass is 10.1. The Hall–Kier alpha value is -2.53. The van der Waals surface area contributed by atoms with E-state index in [4.69, 9.17) is 9.47 Å². The third-order valence-corrected chi connectivity index (χ3v) is 4.82. The molecule has 3 rings (SSSR count). The van der Waals surface area contributed by atoms with Crippen LogP contribution in [0.2, 0.25) is 0 Å². The highest BCUT2D eigenvalue weighted by Gasteiger charge is 2.17. The van der Waals surface area contributed by atoms with Crippen molar-refractivity contribution in [2.24, 2.45) is 0 Å².